The van der Waals surface area contributed by atoms with Crippen LogP contribution in [0, 0.1) is 9.39 Å². The summed E-state index contributed by atoms with van der Waals surface area (Å²) in [4.78, 5) is 7.07. The number of rotatable bonds is 3. The minimum absolute atomic E-state index is 0.0460. The zero-order valence-corrected chi connectivity index (χ0v) is 12.9. The average Bonchev–Trinajstić information content (AvgIpc) is 2.33. The first-order chi connectivity index (χ1) is 8.88. The number of nitrogens with one attached hydrogen (secondary N) is 1. The second-order valence-corrected chi connectivity index (χ2v) is 6.60. The van der Waals surface area contributed by atoms with Crippen LogP contribution in [0.5, 0.6) is 0 Å². The summed E-state index contributed by atoms with van der Waals surface area (Å²) in [5.74, 6) is -0.442. The molecule has 19 heavy (non-hydrogen) atoms. The molecule has 0 radical (unpaired) electrons. The molecule has 0 saturated heterocycles. The van der Waals surface area contributed by atoms with Crippen molar-refractivity contribution in [3.63, 3.8) is 0 Å². The molecule has 1 aromatic carbocycles. The molecule has 0 unspecified atom stereocenters. The van der Waals surface area contributed by atoms with E-state index >= 15 is 0 Å². The molecular formula is C10H6ClFIN3O2S. The highest BCUT2D eigenvalue weighted by atomic mass is 127. The van der Waals surface area contributed by atoms with E-state index in [1.54, 1.807) is 0 Å². The average molecular weight is 414 g/mol. The Morgan fingerprint density at radius 3 is 2.47 bits per heavy atom. The van der Waals surface area contributed by atoms with Crippen LogP contribution < -0.4 is 4.72 Å². The van der Waals surface area contributed by atoms with Gasteiger partial charge >= 0.3 is 0 Å². The third kappa shape index (κ3) is 3.51. The Bertz CT molecular complexity index is 709. The maximum Gasteiger partial charge on any atom is 0.265 e. The molecule has 1 heterocycles. The van der Waals surface area contributed by atoms with Crippen molar-refractivity contribution >= 4 is 49.9 Å². The normalized spacial score (nSPS) is 11.3. The van der Waals surface area contributed by atoms with Crippen molar-refractivity contribution < 1.29 is 12.8 Å². The van der Waals surface area contributed by atoms with E-state index in [2.05, 4.69) is 14.7 Å². The van der Waals surface area contributed by atoms with Crippen LogP contribution in [0.3, 0.4) is 0 Å². The quantitative estimate of drug-likeness (QED) is 0.620. The summed E-state index contributed by atoms with van der Waals surface area (Å²) in [5.41, 5.74) is 0.275. The third-order valence-corrected chi connectivity index (χ3v) is 4.49. The highest BCUT2D eigenvalue weighted by Crippen LogP contribution is 2.22. The first-order valence-electron chi connectivity index (χ1n) is 4.84. The van der Waals surface area contributed by atoms with Crippen molar-refractivity contribution in [2.24, 2.45) is 0 Å². The van der Waals surface area contributed by atoms with Crippen molar-refractivity contribution in [1.29, 1.82) is 0 Å². The summed E-state index contributed by atoms with van der Waals surface area (Å²) in [6, 6.07) is 3.72. The van der Waals surface area contributed by atoms with Gasteiger partial charge in [0.15, 0.2) is 0 Å². The Kier molecular flexibility index (Phi) is 4.21. The van der Waals surface area contributed by atoms with Crippen LogP contribution in [-0.2, 0) is 10.0 Å². The van der Waals surface area contributed by atoms with Crippen LogP contribution >= 0.6 is 34.2 Å². The first kappa shape index (κ1) is 14.4. The van der Waals surface area contributed by atoms with Crippen molar-refractivity contribution in [3.05, 3.63) is 45.3 Å². The van der Waals surface area contributed by atoms with E-state index < -0.39 is 15.8 Å². The molecule has 0 bridgehead atoms. The Hall–Kier alpha value is -1.00. The summed E-state index contributed by atoms with van der Waals surface area (Å²) < 4.78 is 39.7. The van der Waals surface area contributed by atoms with Crippen LogP contribution in [0.15, 0.2) is 35.5 Å². The first-order valence-corrected chi connectivity index (χ1v) is 7.78. The SMILES string of the molecule is O=S(=O)(Nc1ccc(F)cc1I)c1cnc(Cl)nc1. The zero-order chi connectivity index (χ0) is 14.0. The van der Waals surface area contributed by atoms with E-state index in [9.17, 15) is 12.8 Å². The number of hydrogen-bond donors (Lipinski definition) is 1. The second kappa shape index (κ2) is 5.55. The van der Waals surface area contributed by atoms with Crippen LogP contribution in [0.1, 0.15) is 0 Å². The van der Waals surface area contributed by atoms with Crippen LogP contribution in [0.4, 0.5) is 10.1 Å². The van der Waals surface area contributed by atoms with Crippen LogP contribution in [-0.4, -0.2) is 18.4 Å². The van der Waals surface area contributed by atoms with E-state index in [-0.39, 0.29) is 15.9 Å². The lowest BCUT2D eigenvalue weighted by Crippen LogP contribution is -2.14. The molecule has 2 aromatic rings. The van der Waals surface area contributed by atoms with E-state index in [1.807, 2.05) is 22.6 Å². The van der Waals surface area contributed by atoms with Gasteiger partial charge in [0.05, 0.1) is 18.1 Å². The molecule has 100 valence electrons. The zero-order valence-electron chi connectivity index (χ0n) is 9.14. The lowest BCUT2D eigenvalue weighted by Gasteiger charge is -2.09. The smallest absolute Gasteiger partial charge is 0.265 e. The number of benzene rings is 1. The minimum atomic E-state index is -3.83. The van der Waals surface area contributed by atoms with Gasteiger partial charge in [-0.1, -0.05) is 0 Å². The molecule has 1 aromatic heterocycles. The molecule has 0 aliphatic rings. The lowest BCUT2D eigenvalue weighted by atomic mass is 10.3. The predicted octanol–water partition coefficient (Wildman–Crippen LogP) is 2.67. The standard InChI is InChI=1S/C10H6ClFIN3O2S/c11-10-14-4-7(5-15-10)19(17,18)16-9-2-1-6(12)3-8(9)13/h1-5,16H. The maximum absolute atomic E-state index is 12.9. The van der Waals surface area contributed by atoms with E-state index in [4.69, 9.17) is 11.6 Å². The molecule has 0 atom stereocenters. The number of aromatic nitrogens is 2. The van der Waals surface area contributed by atoms with Crippen molar-refractivity contribution in [2.75, 3.05) is 4.72 Å². The van der Waals surface area contributed by atoms with Gasteiger partial charge in [0.25, 0.3) is 10.0 Å². The predicted molar refractivity (Wildman–Crippen MR) is 77.0 cm³/mol. The number of sulfonamides is 1. The highest BCUT2D eigenvalue weighted by Gasteiger charge is 2.16. The summed E-state index contributed by atoms with van der Waals surface area (Å²) >= 11 is 7.32. The Morgan fingerprint density at radius 2 is 1.89 bits per heavy atom. The third-order valence-electron chi connectivity index (χ3n) is 2.08. The van der Waals surface area contributed by atoms with Crippen molar-refractivity contribution in [1.82, 2.24) is 9.97 Å². The van der Waals surface area contributed by atoms with Gasteiger partial charge < -0.3 is 0 Å². The largest absolute Gasteiger partial charge is 0.278 e. The van der Waals surface area contributed by atoms with Gasteiger partial charge in [-0.15, -0.1) is 0 Å². The van der Waals surface area contributed by atoms with Gasteiger partial charge in [0.2, 0.25) is 5.28 Å². The number of nitrogens with zero attached hydrogens (tertiary/aromatic N) is 2. The number of hydrogen-bond acceptors (Lipinski definition) is 4. The molecule has 0 saturated carbocycles. The number of halogens is 3. The molecule has 0 aliphatic carbocycles. The molecule has 1 N–H and O–H groups in total. The Balaban J connectivity index is 2.33. The fraction of sp³-hybridized carbons (Fsp3) is 0. The van der Waals surface area contributed by atoms with E-state index in [0.29, 0.717) is 3.57 Å². The second-order valence-electron chi connectivity index (χ2n) is 3.42. The fourth-order valence-corrected chi connectivity index (χ4v) is 3.08. The molecular weight excluding hydrogens is 408 g/mol. The molecule has 0 fully saturated rings. The topological polar surface area (TPSA) is 72.0 Å². The fourth-order valence-electron chi connectivity index (χ4n) is 1.22. The molecule has 9 heteroatoms. The van der Waals surface area contributed by atoms with E-state index in [1.165, 1.54) is 18.2 Å². The molecule has 2 rings (SSSR count). The molecule has 0 aliphatic heterocycles. The van der Waals surface area contributed by atoms with Gasteiger partial charge in [-0.25, -0.2) is 22.8 Å². The monoisotopic (exact) mass is 413 g/mol. The van der Waals surface area contributed by atoms with Gasteiger partial charge in [0.1, 0.15) is 10.7 Å². The Labute approximate surface area is 127 Å². The van der Waals surface area contributed by atoms with E-state index in [0.717, 1.165) is 12.4 Å². The Morgan fingerprint density at radius 1 is 1.26 bits per heavy atom. The van der Waals surface area contributed by atoms with Gasteiger partial charge in [0, 0.05) is 3.57 Å². The van der Waals surface area contributed by atoms with Crippen LogP contribution in [0.2, 0.25) is 5.28 Å². The van der Waals surface area contributed by atoms with Gasteiger partial charge in [-0.3, -0.25) is 4.72 Å². The maximum atomic E-state index is 12.9. The van der Waals surface area contributed by atoms with Crippen molar-refractivity contribution in [3.8, 4) is 0 Å². The summed E-state index contributed by atoms with van der Waals surface area (Å²) in [7, 11) is -3.83. The minimum Gasteiger partial charge on any atom is -0.278 e. The highest BCUT2D eigenvalue weighted by molar-refractivity contribution is 14.1. The van der Waals surface area contributed by atoms with Gasteiger partial charge in [-0.05, 0) is 52.4 Å². The molecule has 0 spiro atoms. The van der Waals surface area contributed by atoms with Gasteiger partial charge in [-0.2, -0.15) is 0 Å². The summed E-state index contributed by atoms with van der Waals surface area (Å²) in [6.07, 6.45) is 2.18. The van der Waals surface area contributed by atoms with Crippen LogP contribution in [0.25, 0.3) is 0 Å². The van der Waals surface area contributed by atoms with Crippen molar-refractivity contribution in [2.45, 2.75) is 4.90 Å². The summed E-state index contributed by atoms with van der Waals surface area (Å²) in [5, 5.41) is -0.0460. The molecule has 5 nitrogen and oxygen atoms in total. The lowest BCUT2D eigenvalue weighted by molar-refractivity contribution is 0.600. The number of anilines is 1. The summed E-state index contributed by atoms with van der Waals surface area (Å²) in [6.45, 7) is 0. The molecule has 0 amide bonds.